The van der Waals surface area contributed by atoms with E-state index in [1.165, 1.54) is 0 Å². The molecule has 0 aliphatic carbocycles. The van der Waals surface area contributed by atoms with Crippen LogP contribution >= 0.6 is 0 Å². The summed E-state index contributed by atoms with van der Waals surface area (Å²) in [4.78, 5) is 6.74. The van der Waals surface area contributed by atoms with Crippen molar-refractivity contribution in [1.82, 2.24) is 9.88 Å². The molecule has 1 aromatic heterocycles. The first-order valence-electron chi connectivity index (χ1n) is 6.12. The van der Waals surface area contributed by atoms with E-state index in [2.05, 4.69) is 9.88 Å². The van der Waals surface area contributed by atoms with Crippen LogP contribution < -0.4 is 10.5 Å². The number of aryl methyl sites for hydroxylation is 1. The molecule has 1 heterocycles. The molecule has 0 saturated carbocycles. The third-order valence-electron chi connectivity index (χ3n) is 2.66. The summed E-state index contributed by atoms with van der Waals surface area (Å²) in [7, 11) is 3.37. The van der Waals surface area contributed by atoms with Crippen LogP contribution in [0.25, 0.3) is 0 Å². The number of ether oxygens (including phenoxy) is 2. The third-order valence-corrected chi connectivity index (χ3v) is 2.66. The highest BCUT2D eigenvalue weighted by molar-refractivity contribution is 5.26. The fraction of sp³-hybridized carbons (Fsp3) is 0.615. The molecule has 0 bridgehead atoms. The lowest BCUT2D eigenvalue weighted by atomic mass is 10.2. The maximum atomic E-state index is 5.61. The number of aromatic nitrogens is 1. The minimum absolute atomic E-state index is 0.632. The van der Waals surface area contributed by atoms with E-state index in [9.17, 15) is 0 Å². The summed E-state index contributed by atoms with van der Waals surface area (Å²) in [5.74, 6) is 0.844. The number of hydrogen-bond acceptors (Lipinski definition) is 5. The fourth-order valence-corrected chi connectivity index (χ4v) is 1.80. The van der Waals surface area contributed by atoms with Gasteiger partial charge in [-0.2, -0.15) is 0 Å². The minimum Gasteiger partial charge on any atom is -0.497 e. The average Bonchev–Trinajstić information content (AvgIpc) is 2.35. The van der Waals surface area contributed by atoms with Gasteiger partial charge in [-0.15, -0.1) is 0 Å². The van der Waals surface area contributed by atoms with E-state index in [1.807, 2.05) is 19.1 Å². The number of hydrogen-bond donors (Lipinski definition) is 1. The second kappa shape index (κ2) is 8.02. The SMILES string of the molecule is COCCN(CCN)Cc1cc(OC)cc(C)n1. The second-order valence-electron chi connectivity index (χ2n) is 4.20. The zero-order chi connectivity index (χ0) is 13.4. The summed E-state index contributed by atoms with van der Waals surface area (Å²) in [5, 5.41) is 0. The van der Waals surface area contributed by atoms with Crippen molar-refractivity contribution in [2.75, 3.05) is 40.5 Å². The second-order valence-corrected chi connectivity index (χ2v) is 4.20. The smallest absolute Gasteiger partial charge is 0.122 e. The van der Waals surface area contributed by atoms with Gasteiger partial charge < -0.3 is 15.2 Å². The van der Waals surface area contributed by atoms with Gasteiger partial charge >= 0.3 is 0 Å². The third kappa shape index (κ3) is 5.00. The van der Waals surface area contributed by atoms with E-state index in [1.54, 1.807) is 14.2 Å². The van der Waals surface area contributed by atoms with Crippen LogP contribution in [-0.4, -0.2) is 50.3 Å². The summed E-state index contributed by atoms with van der Waals surface area (Å²) < 4.78 is 10.3. The zero-order valence-electron chi connectivity index (χ0n) is 11.5. The van der Waals surface area contributed by atoms with Gasteiger partial charge in [0.1, 0.15) is 5.75 Å². The van der Waals surface area contributed by atoms with Crippen molar-refractivity contribution in [1.29, 1.82) is 0 Å². The molecule has 0 saturated heterocycles. The van der Waals surface area contributed by atoms with Gasteiger partial charge in [0.25, 0.3) is 0 Å². The molecule has 102 valence electrons. The predicted octanol–water partition coefficient (Wildman–Crippen LogP) is 0.806. The normalized spacial score (nSPS) is 10.9. The maximum absolute atomic E-state index is 5.61. The molecule has 0 aliphatic heterocycles. The number of nitrogens with zero attached hydrogens (tertiary/aromatic N) is 2. The molecule has 1 rings (SSSR count). The van der Waals surface area contributed by atoms with Crippen molar-refractivity contribution in [2.24, 2.45) is 5.73 Å². The highest BCUT2D eigenvalue weighted by Gasteiger charge is 2.07. The fourth-order valence-electron chi connectivity index (χ4n) is 1.80. The summed E-state index contributed by atoms with van der Waals surface area (Å²) >= 11 is 0. The molecule has 2 N–H and O–H groups in total. The number of methoxy groups -OCH3 is 2. The quantitative estimate of drug-likeness (QED) is 0.743. The lowest BCUT2D eigenvalue weighted by Gasteiger charge is -2.21. The predicted molar refractivity (Wildman–Crippen MR) is 71.7 cm³/mol. The molecule has 5 nitrogen and oxygen atoms in total. The summed E-state index contributed by atoms with van der Waals surface area (Å²) in [6, 6.07) is 3.88. The van der Waals surface area contributed by atoms with Crippen LogP contribution in [0.5, 0.6) is 5.75 Å². The molecule has 0 fully saturated rings. The van der Waals surface area contributed by atoms with Gasteiger partial charge in [-0.3, -0.25) is 9.88 Å². The maximum Gasteiger partial charge on any atom is 0.122 e. The first-order valence-corrected chi connectivity index (χ1v) is 6.12. The summed E-state index contributed by atoms with van der Waals surface area (Å²) in [6.07, 6.45) is 0. The van der Waals surface area contributed by atoms with Crippen molar-refractivity contribution in [3.8, 4) is 5.75 Å². The van der Waals surface area contributed by atoms with Gasteiger partial charge in [-0.25, -0.2) is 0 Å². The first kappa shape index (κ1) is 14.9. The Bertz CT molecular complexity index is 358. The van der Waals surface area contributed by atoms with E-state index in [0.717, 1.165) is 36.8 Å². The molecule has 0 spiro atoms. The average molecular weight is 253 g/mol. The molecule has 0 aromatic carbocycles. The van der Waals surface area contributed by atoms with Gasteiger partial charge in [0.15, 0.2) is 0 Å². The van der Waals surface area contributed by atoms with E-state index < -0.39 is 0 Å². The molecule has 18 heavy (non-hydrogen) atoms. The van der Waals surface area contributed by atoms with E-state index >= 15 is 0 Å². The molecular weight excluding hydrogens is 230 g/mol. The first-order chi connectivity index (χ1) is 8.69. The Morgan fingerprint density at radius 1 is 1.28 bits per heavy atom. The van der Waals surface area contributed by atoms with E-state index in [0.29, 0.717) is 13.2 Å². The number of rotatable bonds is 8. The van der Waals surface area contributed by atoms with Crippen molar-refractivity contribution < 1.29 is 9.47 Å². The van der Waals surface area contributed by atoms with Crippen molar-refractivity contribution >= 4 is 0 Å². The van der Waals surface area contributed by atoms with Crippen LogP contribution in [0.2, 0.25) is 0 Å². The van der Waals surface area contributed by atoms with Crippen molar-refractivity contribution in [2.45, 2.75) is 13.5 Å². The van der Waals surface area contributed by atoms with Gasteiger partial charge in [-0.1, -0.05) is 0 Å². The van der Waals surface area contributed by atoms with Crippen LogP contribution in [0, 0.1) is 6.92 Å². The van der Waals surface area contributed by atoms with Crippen LogP contribution in [-0.2, 0) is 11.3 Å². The zero-order valence-corrected chi connectivity index (χ0v) is 11.5. The van der Waals surface area contributed by atoms with Crippen LogP contribution in [0.4, 0.5) is 0 Å². The Morgan fingerprint density at radius 3 is 2.67 bits per heavy atom. The van der Waals surface area contributed by atoms with Crippen LogP contribution in [0.15, 0.2) is 12.1 Å². The van der Waals surface area contributed by atoms with Gasteiger partial charge in [0.2, 0.25) is 0 Å². The summed E-state index contributed by atoms with van der Waals surface area (Å²) in [6.45, 7) is 5.75. The highest BCUT2D eigenvalue weighted by atomic mass is 16.5. The summed E-state index contributed by atoms with van der Waals surface area (Å²) in [5.41, 5.74) is 7.57. The number of pyridine rings is 1. The van der Waals surface area contributed by atoms with Crippen molar-refractivity contribution in [3.05, 3.63) is 23.5 Å². The van der Waals surface area contributed by atoms with E-state index in [-0.39, 0.29) is 0 Å². The molecule has 0 atom stereocenters. The topological polar surface area (TPSA) is 60.6 Å². The van der Waals surface area contributed by atoms with Gasteiger partial charge in [0.05, 0.1) is 19.4 Å². The molecule has 1 aromatic rings. The Kier molecular flexibility index (Phi) is 6.64. The Hall–Kier alpha value is -1.17. The Morgan fingerprint density at radius 2 is 2.06 bits per heavy atom. The minimum atomic E-state index is 0.632. The lowest BCUT2D eigenvalue weighted by Crippen LogP contribution is -2.32. The number of nitrogens with two attached hydrogens (primary N) is 1. The molecule has 5 heteroatoms. The Labute approximate surface area is 109 Å². The monoisotopic (exact) mass is 253 g/mol. The van der Waals surface area contributed by atoms with E-state index in [4.69, 9.17) is 15.2 Å². The largest absolute Gasteiger partial charge is 0.497 e. The van der Waals surface area contributed by atoms with Crippen LogP contribution in [0.3, 0.4) is 0 Å². The lowest BCUT2D eigenvalue weighted by molar-refractivity contribution is 0.145. The molecular formula is C13H23N3O2. The molecule has 0 amide bonds. The van der Waals surface area contributed by atoms with Gasteiger partial charge in [0, 0.05) is 51.1 Å². The van der Waals surface area contributed by atoms with Crippen molar-refractivity contribution in [3.63, 3.8) is 0 Å². The Balaban J connectivity index is 2.69. The highest BCUT2D eigenvalue weighted by Crippen LogP contribution is 2.14. The standard InChI is InChI=1S/C13H23N3O2/c1-11-8-13(18-3)9-12(15-11)10-16(5-4-14)6-7-17-2/h8-9H,4-7,10,14H2,1-3H3. The molecule has 0 unspecified atom stereocenters. The molecule has 0 radical (unpaired) electrons. The van der Waals surface area contributed by atoms with Crippen LogP contribution in [0.1, 0.15) is 11.4 Å². The van der Waals surface area contributed by atoms with Gasteiger partial charge in [-0.05, 0) is 6.92 Å². The molecule has 0 aliphatic rings.